The minimum absolute atomic E-state index is 0.147. The lowest BCUT2D eigenvalue weighted by molar-refractivity contribution is -0.137. The number of amides is 2. The first kappa shape index (κ1) is 18.0. The molecule has 2 amide bonds. The summed E-state index contributed by atoms with van der Waals surface area (Å²) in [5.41, 5.74) is -0.0171. The van der Waals surface area contributed by atoms with Gasteiger partial charge in [0.15, 0.2) is 0 Å². The van der Waals surface area contributed by atoms with Crippen molar-refractivity contribution in [2.75, 3.05) is 26.2 Å². The molecule has 2 fully saturated rings. The van der Waals surface area contributed by atoms with Crippen LogP contribution in [0, 0.1) is 0 Å². The number of hydrogen-bond acceptors (Lipinski definition) is 2. The van der Waals surface area contributed by atoms with Gasteiger partial charge in [-0.2, -0.15) is 13.2 Å². The standard InChI is InChI=1S/C18H24F3N3O/c19-18(20,21)15-7-5-14(6-8-15)13-22-17(25)24-11-9-23(10-12-24)16-3-1-2-4-16/h5-8,16H,1-4,9-13H2,(H,22,25). The predicted octanol–water partition coefficient (Wildman–Crippen LogP) is 3.48. The van der Waals surface area contributed by atoms with Gasteiger partial charge in [0.2, 0.25) is 0 Å². The van der Waals surface area contributed by atoms with E-state index in [0.717, 1.165) is 25.2 Å². The van der Waals surface area contributed by atoms with E-state index in [1.54, 1.807) is 4.90 Å². The van der Waals surface area contributed by atoms with Crippen LogP contribution >= 0.6 is 0 Å². The average Bonchev–Trinajstić information content (AvgIpc) is 3.14. The number of urea groups is 1. The predicted molar refractivity (Wildman–Crippen MR) is 89.1 cm³/mol. The molecule has 1 aliphatic carbocycles. The highest BCUT2D eigenvalue weighted by Crippen LogP contribution is 2.29. The van der Waals surface area contributed by atoms with E-state index in [9.17, 15) is 18.0 Å². The summed E-state index contributed by atoms with van der Waals surface area (Å²) in [7, 11) is 0. The average molecular weight is 355 g/mol. The van der Waals surface area contributed by atoms with E-state index in [-0.39, 0.29) is 12.6 Å². The summed E-state index contributed by atoms with van der Waals surface area (Å²) in [5, 5.41) is 2.80. The number of carbonyl (C=O) groups is 1. The minimum Gasteiger partial charge on any atom is -0.334 e. The van der Waals surface area contributed by atoms with E-state index >= 15 is 0 Å². The molecule has 25 heavy (non-hydrogen) atoms. The van der Waals surface area contributed by atoms with E-state index in [2.05, 4.69) is 10.2 Å². The quantitative estimate of drug-likeness (QED) is 0.901. The number of rotatable bonds is 3. The van der Waals surface area contributed by atoms with Crippen molar-refractivity contribution in [2.24, 2.45) is 0 Å². The SMILES string of the molecule is O=C(NCc1ccc(C(F)(F)F)cc1)N1CCN(C2CCCC2)CC1. The molecule has 1 N–H and O–H groups in total. The number of carbonyl (C=O) groups excluding carboxylic acids is 1. The van der Waals surface area contributed by atoms with Crippen LogP contribution in [0.4, 0.5) is 18.0 Å². The van der Waals surface area contributed by atoms with Crippen molar-refractivity contribution in [1.29, 1.82) is 0 Å². The second-order valence-corrected chi connectivity index (χ2v) is 6.81. The molecule has 0 aromatic heterocycles. The van der Waals surface area contributed by atoms with Gasteiger partial charge < -0.3 is 10.2 Å². The summed E-state index contributed by atoms with van der Waals surface area (Å²) >= 11 is 0. The molecule has 1 saturated carbocycles. The van der Waals surface area contributed by atoms with Gasteiger partial charge in [-0.05, 0) is 30.5 Å². The van der Waals surface area contributed by atoms with Crippen molar-refractivity contribution in [2.45, 2.75) is 44.4 Å². The van der Waals surface area contributed by atoms with Gasteiger partial charge in [0, 0.05) is 38.8 Å². The van der Waals surface area contributed by atoms with Crippen LogP contribution in [-0.2, 0) is 12.7 Å². The Morgan fingerprint density at radius 1 is 1.04 bits per heavy atom. The van der Waals surface area contributed by atoms with Crippen LogP contribution in [0.15, 0.2) is 24.3 Å². The lowest BCUT2D eigenvalue weighted by Gasteiger charge is -2.38. The van der Waals surface area contributed by atoms with Crippen LogP contribution in [0.2, 0.25) is 0 Å². The smallest absolute Gasteiger partial charge is 0.334 e. The fourth-order valence-corrected chi connectivity index (χ4v) is 3.66. The molecule has 1 saturated heterocycles. The first-order valence-electron chi connectivity index (χ1n) is 8.86. The fourth-order valence-electron chi connectivity index (χ4n) is 3.66. The van der Waals surface area contributed by atoms with E-state index in [4.69, 9.17) is 0 Å². The molecular weight excluding hydrogens is 331 g/mol. The first-order valence-corrected chi connectivity index (χ1v) is 8.86. The lowest BCUT2D eigenvalue weighted by Crippen LogP contribution is -2.53. The Morgan fingerprint density at radius 3 is 2.20 bits per heavy atom. The van der Waals surface area contributed by atoms with Gasteiger partial charge in [0.25, 0.3) is 0 Å². The third-order valence-electron chi connectivity index (χ3n) is 5.17. The van der Waals surface area contributed by atoms with Gasteiger partial charge in [-0.1, -0.05) is 25.0 Å². The number of piperazine rings is 1. The van der Waals surface area contributed by atoms with Gasteiger partial charge in [-0.15, -0.1) is 0 Å². The number of hydrogen-bond donors (Lipinski definition) is 1. The van der Waals surface area contributed by atoms with Crippen LogP contribution in [0.3, 0.4) is 0 Å². The summed E-state index contributed by atoms with van der Waals surface area (Å²) in [6.07, 6.45) is 0.804. The second kappa shape index (κ2) is 7.64. The Morgan fingerprint density at radius 2 is 1.64 bits per heavy atom. The number of nitrogens with zero attached hydrogens (tertiary/aromatic N) is 2. The van der Waals surface area contributed by atoms with Crippen molar-refractivity contribution >= 4 is 6.03 Å². The van der Waals surface area contributed by atoms with Gasteiger partial charge in [0.1, 0.15) is 0 Å². The van der Waals surface area contributed by atoms with E-state index in [0.29, 0.717) is 24.7 Å². The zero-order valence-electron chi connectivity index (χ0n) is 14.2. The summed E-state index contributed by atoms with van der Waals surface area (Å²) in [4.78, 5) is 16.5. The topological polar surface area (TPSA) is 35.6 Å². The van der Waals surface area contributed by atoms with Crippen molar-refractivity contribution in [1.82, 2.24) is 15.1 Å². The van der Waals surface area contributed by atoms with Crippen molar-refractivity contribution < 1.29 is 18.0 Å². The highest BCUT2D eigenvalue weighted by atomic mass is 19.4. The summed E-state index contributed by atoms with van der Waals surface area (Å²) in [5.74, 6) is 0. The van der Waals surface area contributed by atoms with Gasteiger partial charge in [-0.25, -0.2) is 4.79 Å². The van der Waals surface area contributed by atoms with Crippen LogP contribution in [0.5, 0.6) is 0 Å². The number of nitrogens with one attached hydrogen (secondary N) is 1. The Kier molecular flexibility index (Phi) is 5.51. The largest absolute Gasteiger partial charge is 0.416 e. The monoisotopic (exact) mass is 355 g/mol. The Hall–Kier alpha value is -1.76. The zero-order valence-corrected chi connectivity index (χ0v) is 14.2. The maximum Gasteiger partial charge on any atom is 0.416 e. The van der Waals surface area contributed by atoms with Crippen LogP contribution in [0.25, 0.3) is 0 Å². The molecule has 0 bridgehead atoms. The molecule has 3 rings (SSSR count). The Labute approximate surface area is 146 Å². The number of halogens is 3. The molecule has 0 spiro atoms. The molecular formula is C18H24F3N3O. The molecule has 1 aliphatic heterocycles. The number of benzene rings is 1. The maximum atomic E-state index is 12.5. The molecule has 0 unspecified atom stereocenters. The van der Waals surface area contributed by atoms with E-state index < -0.39 is 11.7 Å². The van der Waals surface area contributed by atoms with Gasteiger partial charge >= 0.3 is 12.2 Å². The number of alkyl halides is 3. The van der Waals surface area contributed by atoms with E-state index in [1.807, 2.05) is 0 Å². The van der Waals surface area contributed by atoms with Crippen molar-refractivity contribution in [3.8, 4) is 0 Å². The fraction of sp³-hybridized carbons (Fsp3) is 0.611. The first-order chi connectivity index (χ1) is 11.9. The van der Waals surface area contributed by atoms with E-state index in [1.165, 1.54) is 37.8 Å². The normalized spacial score (nSPS) is 20.0. The zero-order chi connectivity index (χ0) is 17.9. The third kappa shape index (κ3) is 4.66. The molecule has 138 valence electrons. The van der Waals surface area contributed by atoms with Crippen molar-refractivity contribution in [3.05, 3.63) is 35.4 Å². The molecule has 7 heteroatoms. The van der Waals surface area contributed by atoms with Crippen molar-refractivity contribution in [3.63, 3.8) is 0 Å². The summed E-state index contributed by atoms with van der Waals surface area (Å²) in [6, 6.07) is 5.43. The Bertz CT molecular complexity index is 574. The molecule has 2 aliphatic rings. The molecule has 0 atom stereocenters. The highest BCUT2D eigenvalue weighted by molar-refractivity contribution is 5.74. The van der Waals surface area contributed by atoms with Gasteiger partial charge in [-0.3, -0.25) is 4.90 Å². The molecule has 0 radical (unpaired) electrons. The summed E-state index contributed by atoms with van der Waals surface area (Å²) < 4.78 is 37.6. The summed E-state index contributed by atoms with van der Waals surface area (Å²) in [6.45, 7) is 3.45. The maximum absolute atomic E-state index is 12.5. The lowest BCUT2D eigenvalue weighted by atomic mass is 10.1. The van der Waals surface area contributed by atoms with Gasteiger partial charge in [0.05, 0.1) is 5.56 Å². The second-order valence-electron chi connectivity index (χ2n) is 6.81. The molecule has 1 aromatic carbocycles. The molecule has 1 heterocycles. The Balaban J connectivity index is 1.43. The molecule has 4 nitrogen and oxygen atoms in total. The minimum atomic E-state index is -4.33. The van der Waals surface area contributed by atoms with Crippen LogP contribution < -0.4 is 5.32 Å². The third-order valence-corrected chi connectivity index (χ3v) is 5.17. The van der Waals surface area contributed by atoms with Crippen LogP contribution in [-0.4, -0.2) is 48.1 Å². The highest BCUT2D eigenvalue weighted by Gasteiger charge is 2.30. The van der Waals surface area contributed by atoms with Crippen LogP contribution in [0.1, 0.15) is 36.8 Å². The molecule has 1 aromatic rings.